The van der Waals surface area contributed by atoms with Crippen molar-refractivity contribution < 1.29 is 0 Å². The second kappa shape index (κ2) is 6.39. The standard InChI is InChI=1S/C13H17BrS/c1-10(2)3-4-11-5-7-12(8-6-11)13(15)9-14/h5-8,10H,3-4,9H2,1-2H3. The Morgan fingerprint density at radius 1 is 1.27 bits per heavy atom. The van der Waals surface area contributed by atoms with Crippen molar-refractivity contribution in [1.29, 1.82) is 0 Å². The van der Waals surface area contributed by atoms with E-state index in [9.17, 15) is 0 Å². The number of thiocarbonyl (C=S) groups is 1. The fraction of sp³-hybridized carbons (Fsp3) is 0.462. The van der Waals surface area contributed by atoms with Gasteiger partial charge in [-0.2, -0.15) is 0 Å². The molecule has 1 aromatic rings. The molecule has 0 bridgehead atoms. The number of aryl methyl sites for hydroxylation is 1. The van der Waals surface area contributed by atoms with Crippen molar-refractivity contribution in [3.63, 3.8) is 0 Å². The largest absolute Gasteiger partial charge is 0.0867 e. The molecule has 0 N–H and O–H groups in total. The van der Waals surface area contributed by atoms with Gasteiger partial charge in [0.25, 0.3) is 0 Å². The summed E-state index contributed by atoms with van der Waals surface area (Å²) in [5, 5.41) is 0.772. The molecule has 0 fully saturated rings. The van der Waals surface area contributed by atoms with E-state index >= 15 is 0 Å². The van der Waals surface area contributed by atoms with Crippen molar-refractivity contribution >= 4 is 33.0 Å². The second-order valence-electron chi connectivity index (χ2n) is 4.19. The third-order valence-electron chi connectivity index (χ3n) is 2.41. The molecule has 0 spiro atoms. The Morgan fingerprint density at radius 2 is 1.87 bits per heavy atom. The van der Waals surface area contributed by atoms with Gasteiger partial charge < -0.3 is 0 Å². The highest BCUT2D eigenvalue weighted by Crippen LogP contribution is 2.11. The van der Waals surface area contributed by atoms with Crippen LogP contribution in [-0.4, -0.2) is 10.2 Å². The molecule has 1 aromatic carbocycles. The van der Waals surface area contributed by atoms with Crippen molar-refractivity contribution in [1.82, 2.24) is 0 Å². The Hall–Kier alpha value is -0.210. The number of benzene rings is 1. The van der Waals surface area contributed by atoms with E-state index in [0.717, 1.165) is 21.7 Å². The van der Waals surface area contributed by atoms with Crippen LogP contribution in [0.25, 0.3) is 0 Å². The summed E-state index contributed by atoms with van der Waals surface area (Å²) in [5.41, 5.74) is 2.57. The van der Waals surface area contributed by atoms with E-state index in [1.165, 1.54) is 18.4 Å². The molecule has 0 nitrogen and oxygen atoms in total. The molecule has 2 heteroatoms. The summed E-state index contributed by atoms with van der Waals surface area (Å²) < 4.78 is 0. The first-order chi connectivity index (χ1) is 7.13. The van der Waals surface area contributed by atoms with E-state index in [-0.39, 0.29) is 0 Å². The summed E-state index contributed by atoms with van der Waals surface area (Å²) in [6.45, 7) is 4.52. The highest BCUT2D eigenvalue weighted by molar-refractivity contribution is 9.09. The molecule has 0 aliphatic carbocycles. The molecular formula is C13H17BrS. The second-order valence-corrected chi connectivity index (χ2v) is 5.24. The summed E-state index contributed by atoms with van der Waals surface area (Å²) in [5.74, 6) is 0.772. The van der Waals surface area contributed by atoms with E-state index in [1.54, 1.807) is 0 Å². The van der Waals surface area contributed by atoms with Crippen molar-refractivity contribution in [2.24, 2.45) is 5.92 Å². The van der Waals surface area contributed by atoms with Crippen LogP contribution in [0.2, 0.25) is 0 Å². The maximum absolute atomic E-state index is 5.22. The maximum atomic E-state index is 5.22. The van der Waals surface area contributed by atoms with E-state index < -0.39 is 0 Å². The molecule has 0 heterocycles. The molecule has 0 radical (unpaired) electrons. The minimum absolute atomic E-state index is 0.772. The van der Waals surface area contributed by atoms with Gasteiger partial charge in [-0.15, -0.1) is 0 Å². The molecule has 0 saturated heterocycles. The summed E-state index contributed by atoms with van der Waals surface area (Å²) in [6.07, 6.45) is 2.42. The fourth-order valence-corrected chi connectivity index (χ4v) is 1.85. The van der Waals surface area contributed by atoms with Gasteiger partial charge in [0, 0.05) is 10.2 Å². The lowest BCUT2D eigenvalue weighted by Crippen LogP contribution is -1.98. The topological polar surface area (TPSA) is 0 Å². The van der Waals surface area contributed by atoms with E-state index in [1.807, 2.05) is 0 Å². The summed E-state index contributed by atoms with van der Waals surface area (Å²) >= 11 is 8.60. The number of alkyl halides is 1. The van der Waals surface area contributed by atoms with Gasteiger partial charge >= 0.3 is 0 Å². The third-order valence-corrected chi connectivity index (χ3v) is 3.72. The molecule has 0 amide bonds. The zero-order chi connectivity index (χ0) is 11.3. The van der Waals surface area contributed by atoms with Crippen LogP contribution in [0.3, 0.4) is 0 Å². The average molecular weight is 285 g/mol. The van der Waals surface area contributed by atoms with E-state index in [0.29, 0.717) is 0 Å². The summed E-state index contributed by atoms with van der Waals surface area (Å²) in [4.78, 5) is 0.977. The minimum Gasteiger partial charge on any atom is -0.0867 e. The zero-order valence-electron chi connectivity index (χ0n) is 9.29. The van der Waals surface area contributed by atoms with Gasteiger partial charge in [-0.25, -0.2) is 0 Å². The molecule has 82 valence electrons. The van der Waals surface area contributed by atoms with Gasteiger partial charge in [-0.1, -0.05) is 66.3 Å². The summed E-state index contributed by atoms with van der Waals surface area (Å²) in [7, 11) is 0. The third kappa shape index (κ3) is 4.43. The number of rotatable bonds is 5. The van der Waals surface area contributed by atoms with Crippen molar-refractivity contribution in [2.75, 3.05) is 5.33 Å². The molecule has 0 aromatic heterocycles. The van der Waals surface area contributed by atoms with Crippen LogP contribution >= 0.6 is 28.1 Å². The van der Waals surface area contributed by atoms with Gasteiger partial charge in [0.15, 0.2) is 0 Å². The maximum Gasteiger partial charge on any atom is 0.0391 e. The molecule has 15 heavy (non-hydrogen) atoms. The van der Waals surface area contributed by atoms with Crippen LogP contribution in [0.4, 0.5) is 0 Å². The minimum atomic E-state index is 0.772. The van der Waals surface area contributed by atoms with Crippen LogP contribution in [0.15, 0.2) is 24.3 Å². The Kier molecular flexibility index (Phi) is 5.48. The van der Waals surface area contributed by atoms with Crippen LogP contribution in [0.1, 0.15) is 31.4 Å². The van der Waals surface area contributed by atoms with E-state index in [4.69, 9.17) is 12.2 Å². The Bertz CT molecular complexity index is 314. The normalized spacial score (nSPS) is 10.7. The highest BCUT2D eigenvalue weighted by atomic mass is 79.9. The predicted molar refractivity (Wildman–Crippen MR) is 75.1 cm³/mol. The predicted octanol–water partition coefficient (Wildman–Crippen LogP) is 4.39. The lowest BCUT2D eigenvalue weighted by molar-refractivity contribution is 0.587. The molecule has 0 unspecified atom stereocenters. The van der Waals surface area contributed by atoms with Gasteiger partial charge in [0.2, 0.25) is 0 Å². The Balaban J connectivity index is 2.60. The Labute approximate surface area is 106 Å². The first-order valence-electron chi connectivity index (χ1n) is 5.31. The average Bonchev–Trinajstić information content (AvgIpc) is 2.26. The van der Waals surface area contributed by atoms with Gasteiger partial charge in [-0.3, -0.25) is 0 Å². The van der Waals surface area contributed by atoms with Crippen molar-refractivity contribution in [2.45, 2.75) is 26.7 Å². The summed E-state index contributed by atoms with van der Waals surface area (Å²) in [6, 6.07) is 8.62. The van der Waals surface area contributed by atoms with Crippen molar-refractivity contribution in [3.05, 3.63) is 35.4 Å². The molecule has 0 atom stereocenters. The molecular weight excluding hydrogens is 268 g/mol. The van der Waals surface area contributed by atoms with Gasteiger partial charge in [0.05, 0.1) is 0 Å². The molecule has 0 aliphatic rings. The van der Waals surface area contributed by atoms with Gasteiger partial charge in [-0.05, 0) is 29.9 Å². The first-order valence-corrected chi connectivity index (χ1v) is 6.84. The molecule has 0 saturated carbocycles. The van der Waals surface area contributed by atoms with Crippen LogP contribution in [0, 0.1) is 5.92 Å². The van der Waals surface area contributed by atoms with Crippen LogP contribution in [0.5, 0.6) is 0 Å². The first kappa shape index (κ1) is 12.9. The lowest BCUT2D eigenvalue weighted by atomic mass is 10.0. The molecule has 1 rings (SSSR count). The van der Waals surface area contributed by atoms with Crippen LogP contribution < -0.4 is 0 Å². The monoisotopic (exact) mass is 284 g/mol. The number of hydrogen-bond donors (Lipinski definition) is 0. The quantitative estimate of drug-likeness (QED) is 0.439. The van der Waals surface area contributed by atoms with E-state index in [2.05, 4.69) is 54.0 Å². The fourth-order valence-electron chi connectivity index (χ4n) is 1.39. The number of hydrogen-bond acceptors (Lipinski definition) is 1. The zero-order valence-corrected chi connectivity index (χ0v) is 11.7. The highest BCUT2D eigenvalue weighted by Gasteiger charge is 2.00. The molecule has 0 aliphatic heterocycles. The number of halogens is 1. The Morgan fingerprint density at radius 3 is 2.33 bits per heavy atom. The van der Waals surface area contributed by atoms with Crippen molar-refractivity contribution in [3.8, 4) is 0 Å². The van der Waals surface area contributed by atoms with Gasteiger partial charge in [0.1, 0.15) is 0 Å². The lowest BCUT2D eigenvalue weighted by Gasteiger charge is -2.06. The smallest absolute Gasteiger partial charge is 0.0391 e. The van der Waals surface area contributed by atoms with Crippen LogP contribution in [-0.2, 0) is 6.42 Å². The SMILES string of the molecule is CC(C)CCc1ccc(C(=S)CBr)cc1.